The fraction of sp³-hybridized carbons (Fsp3) is 0.500. The zero-order valence-electron chi connectivity index (χ0n) is 15.5. The molecule has 0 radical (unpaired) electrons. The van der Waals surface area contributed by atoms with E-state index >= 15 is 0 Å². The molecule has 0 aliphatic carbocycles. The second kappa shape index (κ2) is 6.97. The zero-order chi connectivity index (χ0) is 18.1. The molecule has 0 aromatic carbocycles. The van der Waals surface area contributed by atoms with Crippen LogP contribution < -0.4 is 5.32 Å². The molecule has 2 heterocycles. The van der Waals surface area contributed by atoms with Crippen LogP contribution in [0.5, 0.6) is 0 Å². The van der Waals surface area contributed by atoms with Gasteiger partial charge in [-0.1, -0.05) is 20.8 Å². The predicted octanol–water partition coefficient (Wildman–Crippen LogP) is 3.38. The second-order valence-electron chi connectivity index (χ2n) is 6.97. The number of aromatic nitrogens is 3. The summed E-state index contributed by atoms with van der Waals surface area (Å²) in [4.78, 5) is 21.9. The first-order valence-corrected chi connectivity index (χ1v) is 9.20. The smallest absolute Gasteiger partial charge is 0.256 e. The molecule has 2 rings (SSSR count). The number of hydrogen-bond donors (Lipinski definition) is 1. The topological polar surface area (TPSA) is 59.8 Å². The molecule has 6 heteroatoms. The van der Waals surface area contributed by atoms with Crippen LogP contribution in [0.4, 0.5) is 0 Å². The lowest BCUT2D eigenvalue weighted by atomic mass is 9.95. The van der Waals surface area contributed by atoms with Crippen LogP contribution in [0.25, 0.3) is 0 Å². The first-order chi connectivity index (χ1) is 11.1. The second-order valence-corrected chi connectivity index (χ2v) is 7.77. The van der Waals surface area contributed by atoms with Gasteiger partial charge >= 0.3 is 0 Å². The van der Waals surface area contributed by atoms with Crippen LogP contribution in [0.15, 0.2) is 17.2 Å². The van der Waals surface area contributed by atoms with Crippen LogP contribution in [0, 0.1) is 13.8 Å². The summed E-state index contributed by atoms with van der Waals surface area (Å²) in [6, 6.07) is 4.07. The lowest BCUT2D eigenvalue weighted by Gasteiger charge is -2.19. The Kier molecular flexibility index (Phi) is 5.38. The Hall–Kier alpha value is -1.82. The van der Waals surface area contributed by atoms with E-state index in [0.717, 1.165) is 27.9 Å². The van der Waals surface area contributed by atoms with E-state index in [4.69, 9.17) is 0 Å². The third kappa shape index (κ3) is 3.80. The number of carbonyl (C=O) groups is 1. The van der Waals surface area contributed by atoms with E-state index in [1.807, 2.05) is 39.3 Å². The number of carbonyl (C=O) groups excluding carboxylic acids is 1. The Bertz CT molecular complexity index is 759. The van der Waals surface area contributed by atoms with E-state index in [9.17, 15) is 4.79 Å². The lowest BCUT2D eigenvalue weighted by Crippen LogP contribution is -2.27. The van der Waals surface area contributed by atoms with Gasteiger partial charge in [-0.15, -0.1) is 11.8 Å². The predicted molar refractivity (Wildman–Crippen MR) is 98.6 cm³/mol. The van der Waals surface area contributed by atoms with E-state index in [1.165, 1.54) is 11.8 Å². The summed E-state index contributed by atoms with van der Waals surface area (Å²) in [5, 5.41) is 3.72. The average molecular weight is 347 g/mol. The van der Waals surface area contributed by atoms with Gasteiger partial charge in [0.05, 0.1) is 17.8 Å². The molecule has 0 saturated carbocycles. The zero-order valence-corrected chi connectivity index (χ0v) is 16.3. The molecule has 0 unspecified atom stereocenters. The molecule has 0 aliphatic heterocycles. The maximum atomic E-state index is 12.7. The molecule has 5 nitrogen and oxygen atoms in total. The monoisotopic (exact) mass is 346 g/mol. The summed E-state index contributed by atoms with van der Waals surface area (Å²) < 4.78 is 2.07. The standard InChI is InChI=1S/C18H26N4OS/c1-11-8-9-13(22(11)6)10-19-15(23)14-12(2)20-17(18(3,4)5)21-16(14)24-7/h8-9H,10H2,1-7H3,(H,19,23). The van der Waals surface area contributed by atoms with Crippen molar-refractivity contribution in [2.45, 2.75) is 51.6 Å². The lowest BCUT2D eigenvalue weighted by molar-refractivity contribution is 0.0945. The van der Waals surface area contributed by atoms with E-state index in [-0.39, 0.29) is 11.3 Å². The molecule has 0 spiro atoms. The van der Waals surface area contributed by atoms with Gasteiger partial charge in [-0.25, -0.2) is 9.97 Å². The van der Waals surface area contributed by atoms with Gasteiger partial charge in [0.2, 0.25) is 0 Å². The van der Waals surface area contributed by atoms with Gasteiger partial charge in [0.15, 0.2) is 0 Å². The largest absolute Gasteiger partial charge is 0.350 e. The highest BCUT2D eigenvalue weighted by Crippen LogP contribution is 2.26. The quantitative estimate of drug-likeness (QED) is 0.681. The minimum atomic E-state index is -0.148. The molecule has 24 heavy (non-hydrogen) atoms. The van der Waals surface area contributed by atoms with Crippen molar-refractivity contribution in [1.29, 1.82) is 0 Å². The number of nitrogens with one attached hydrogen (secondary N) is 1. The number of rotatable bonds is 4. The summed E-state index contributed by atoms with van der Waals surface area (Å²) in [6.45, 7) is 10.6. The molecule has 0 saturated heterocycles. The molecule has 0 fully saturated rings. The normalized spacial score (nSPS) is 11.6. The number of thioether (sulfide) groups is 1. The minimum absolute atomic E-state index is 0.129. The van der Waals surface area contributed by atoms with Crippen molar-refractivity contribution in [3.05, 3.63) is 40.6 Å². The molecule has 0 aliphatic rings. The van der Waals surface area contributed by atoms with Gasteiger partial charge in [-0.3, -0.25) is 4.79 Å². The maximum Gasteiger partial charge on any atom is 0.256 e. The molecule has 2 aromatic rings. The van der Waals surface area contributed by atoms with Crippen molar-refractivity contribution in [3.8, 4) is 0 Å². The molecule has 2 aromatic heterocycles. The van der Waals surface area contributed by atoms with Crippen LogP contribution >= 0.6 is 11.8 Å². The minimum Gasteiger partial charge on any atom is -0.350 e. The molecule has 0 atom stereocenters. The number of amides is 1. The maximum absolute atomic E-state index is 12.7. The third-order valence-corrected chi connectivity index (χ3v) is 4.74. The van der Waals surface area contributed by atoms with Crippen molar-refractivity contribution in [2.24, 2.45) is 7.05 Å². The van der Waals surface area contributed by atoms with Gasteiger partial charge in [0, 0.05) is 23.9 Å². The van der Waals surface area contributed by atoms with Gasteiger partial charge in [0.1, 0.15) is 10.9 Å². The highest BCUT2D eigenvalue weighted by Gasteiger charge is 2.23. The highest BCUT2D eigenvalue weighted by atomic mass is 32.2. The van der Waals surface area contributed by atoms with Crippen molar-refractivity contribution in [3.63, 3.8) is 0 Å². The third-order valence-electron chi connectivity index (χ3n) is 4.05. The van der Waals surface area contributed by atoms with Gasteiger partial charge < -0.3 is 9.88 Å². The van der Waals surface area contributed by atoms with Crippen LogP contribution in [0.3, 0.4) is 0 Å². The van der Waals surface area contributed by atoms with Crippen molar-refractivity contribution >= 4 is 17.7 Å². The van der Waals surface area contributed by atoms with E-state index in [1.54, 1.807) is 0 Å². The molecular weight excluding hydrogens is 320 g/mol. The first kappa shape index (κ1) is 18.5. The van der Waals surface area contributed by atoms with Crippen molar-refractivity contribution in [2.75, 3.05) is 6.26 Å². The fourth-order valence-corrected chi connectivity index (χ4v) is 3.02. The Morgan fingerprint density at radius 1 is 1.25 bits per heavy atom. The van der Waals surface area contributed by atoms with Crippen molar-refractivity contribution in [1.82, 2.24) is 19.9 Å². The molecule has 0 bridgehead atoms. The molecular formula is C18H26N4OS. The van der Waals surface area contributed by atoms with Gasteiger partial charge in [-0.2, -0.15) is 0 Å². The molecule has 130 valence electrons. The Morgan fingerprint density at radius 3 is 2.42 bits per heavy atom. The van der Waals surface area contributed by atoms with Crippen LogP contribution in [0.1, 0.15) is 54.0 Å². The van der Waals surface area contributed by atoms with Crippen LogP contribution in [0.2, 0.25) is 0 Å². The summed E-state index contributed by atoms with van der Waals surface area (Å²) in [7, 11) is 2.00. The Morgan fingerprint density at radius 2 is 1.92 bits per heavy atom. The Labute approximate surface area is 148 Å². The van der Waals surface area contributed by atoms with Gasteiger partial charge in [0.25, 0.3) is 5.91 Å². The highest BCUT2D eigenvalue weighted by molar-refractivity contribution is 7.98. The summed E-state index contributed by atoms with van der Waals surface area (Å²) in [6.07, 6.45) is 1.94. The molecule has 1 N–H and O–H groups in total. The van der Waals surface area contributed by atoms with E-state index in [0.29, 0.717) is 12.1 Å². The van der Waals surface area contributed by atoms with Crippen molar-refractivity contribution < 1.29 is 4.79 Å². The SMILES string of the molecule is CSc1nc(C(C)(C)C)nc(C)c1C(=O)NCc1ccc(C)n1C. The van der Waals surface area contributed by atoms with Crippen LogP contribution in [-0.2, 0) is 19.0 Å². The summed E-state index contributed by atoms with van der Waals surface area (Å²) in [5.41, 5.74) is 3.38. The number of hydrogen-bond acceptors (Lipinski definition) is 4. The number of nitrogens with zero attached hydrogens (tertiary/aromatic N) is 3. The fourth-order valence-electron chi connectivity index (χ4n) is 2.39. The van der Waals surface area contributed by atoms with Gasteiger partial charge in [-0.05, 0) is 32.2 Å². The molecule has 1 amide bonds. The van der Waals surface area contributed by atoms with E-state index < -0.39 is 0 Å². The van der Waals surface area contributed by atoms with Crippen LogP contribution in [-0.4, -0.2) is 26.7 Å². The first-order valence-electron chi connectivity index (χ1n) is 7.97. The Balaban J connectivity index is 2.27. The summed E-state index contributed by atoms with van der Waals surface area (Å²) >= 11 is 1.48. The van der Waals surface area contributed by atoms with E-state index in [2.05, 4.69) is 40.6 Å². The average Bonchev–Trinajstić information content (AvgIpc) is 2.82. The summed E-state index contributed by atoms with van der Waals surface area (Å²) in [5.74, 6) is 0.634. The number of aryl methyl sites for hydroxylation is 2.